The van der Waals surface area contributed by atoms with Gasteiger partial charge in [0.1, 0.15) is 0 Å². The Morgan fingerprint density at radius 1 is 0.357 bits per heavy atom. The van der Waals surface area contributed by atoms with Crippen LogP contribution in [0.4, 0.5) is 0 Å². The monoisotopic (exact) mass is 398 g/mol. The first-order valence-electron chi connectivity index (χ1n) is 9.43. The maximum absolute atomic E-state index is 2.25. The molecule has 0 fully saturated rings. The van der Waals surface area contributed by atoms with Crippen LogP contribution < -0.4 is 0 Å². The maximum atomic E-state index is 2.25. The Morgan fingerprint density at radius 2 is 0.643 bits per heavy atom. The van der Waals surface area contributed by atoms with E-state index in [1.54, 1.807) is 0 Å². The Labute approximate surface area is 176 Å². The fourth-order valence-corrected chi connectivity index (χ4v) is 5.88. The lowest BCUT2D eigenvalue weighted by atomic mass is 10.0. The summed E-state index contributed by atoms with van der Waals surface area (Å²) in [6.07, 6.45) is 0. The minimum absolute atomic E-state index is 0.302. The number of benzene rings is 4. The minimum Gasteiger partial charge on any atom is -0.116 e. The Kier molecular flexibility index (Phi) is 6.54. The third-order valence-electron chi connectivity index (χ3n) is 4.54. The van der Waals surface area contributed by atoms with Gasteiger partial charge < -0.3 is 0 Å². The fraction of sp³-hybridized carbons (Fsp3) is 0.0769. The van der Waals surface area contributed by atoms with Gasteiger partial charge in [-0.2, -0.15) is 0 Å². The van der Waals surface area contributed by atoms with Gasteiger partial charge in [0, 0.05) is 9.79 Å². The third kappa shape index (κ3) is 4.89. The second kappa shape index (κ2) is 9.68. The second-order valence-electron chi connectivity index (χ2n) is 6.52. The van der Waals surface area contributed by atoms with Crippen molar-refractivity contribution < 1.29 is 0 Å². The molecule has 0 aromatic heterocycles. The molecule has 0 N–H and O–H groups in total. The molecule has 0 radical (unpaired) electrons. The van der Waals surface area contributed by atoms with Crippen LogP contribution in [0.1, 0.15) is 21.6 Å². The molecule has 4 aromatic carbocycles. The third-order valence-corrected chi connectivity index (χ3v) is 7.40. The highest BCUT2D eigenvalue weighted by molar-refractivity contribution is 8.03. The van der Waals surface area contributed by atoms with E-state index in [9.17, 15) is 0 Å². The molecule has 2 unspecified atom stereocenters. The van der Waals surface area contributed by atoms with Crippen molar-refractivity contribution in [1.82, 2.24) is 0 Å². The molecule has 2 heteroatoms. The zero-order valence-corrected chi connectivity index (χ0v) is 17.2. The summed E-state index contributed by atoms with van der Waals surface area (Å²) in [4.78, 5) is 2.59. The fourth-order valence-electron chi connectivity index (χ4n) is 3.19. The van der Waals surface area contributed by atoms with Crippen molar-refractivity contribution in [2.75, 3.05) is 0 Å². The van der Waals surface area contributed by atoms with Crippen LogP contribution in [0.3, 0.4) is 0 Å². The number of hydrogen-bond donors (Lipinski definition) is 0. The van der Waals surface area contributed by atoms with Crippen LogP contribution in [-0.4, -0.2) is 0 Å². The van der Waals surface area contributed by atoms with Crippen molar-refractivity contribution in [1.29, 1.82) is 0 Å². The summed E-state index contributed by atoms with van der Waals surface area (Å²) < 4.78 is 0. The summed E-state index contributed by atoms with van der Waals surface area (Å²) in [5.41, 5.74) is 2.71. The van der Waals surface area contributed by atoms with Crippen molar-refractivity contribution in [2.24, 2.45) is 0 Å². The van der Waals surface area contributed by atoms with Gasteiger partial charge in [-0.05, 0) is 35.4 Å². The second-order valence-corrected chi connectivity index (χ2v) is 8.95. The van der Waals surface area contributed by atoms with Crippen molar-refractivity contribution in [3.63, 3.8) is 0 Å². The highest BCUT2D eigenvalue weighted by atomic mass is 32.2. The zero-order chi connectivity index (χ0) is 19.0. The first kappa shape index (κ1) is 18.9. The first-order valence-corrected chi connectivity index (χ1v) is 11.2. The van der Waals surface area contributed by atoms with Gasteiger partial charge in [-0.3, -0.25) is 0 Å². The predicted molar refractivity (Wildman–Crippen MR) is 123 cm³/mol. The molecule has 4 aromatic rings. The standard InChI is InChI=1S/C26H22S2/c1-5-13-21(14-6-1)25(27-23-17-9-3-10-18-23)26(22-15-7-2-8-16-22)28-24-19-11-4-12-20-24/h1-20,25-26H. The van der Waals surface area contributed by atoms with E-state index >= 15 is 0 Å². The highest BCUT2D eigenvalue weighted by Crippen LogP contribution is 2.52. The number of rotatable bonds is 7. The van der Waals surface area contributed by atoms with E-state index in [-0.39, 0.29) is 0 Å². The lowest BCUT2D eigenvalue weighted by Gasteiger charge is -2.27. The maximum Gasteiger partial charge on any atom is 0.0507 e. The van der Waals surface area contributed by atoms with Crippen molar-refractivity contribution in [3.8, 4) is 0 Å². The van der Waals surface area contributed by atoms with Crippen molar-refractivity contribution >= 4 is 23.5 Å². The summed E-state index contributed by atoms with van der Waals surface area (Å²) in [7, 11) is 0. The molecule has 0 aliphatic rings. The van der Waals surface area contributed by atoms with Gasteiger partial charge in [0.2, 0.25) is 0 Å². The van der Waals surface area contributed by atoms with E-state index in [4.69, 9.17) is 0 Å². The molecule has 0 heterocycles. The van der Waals surface area contributed by atoms with Crippen LogP contribution in [0.2, 0.25) is 0 Å². The number of hydrogen-bond acceptors (Lipinski definition) is 2. The molecule has 0 spiro atoms. The average Bonchev–Trinajstić information content (AvgIpc) is 2.79. The predicted octanol–water partition coefficient (Wildman–Crippen LogP) is 8.05. The van der Waals surface area contributed by atoms with E-state index in [1.807, 2.05) is 23.5 Å². The van der Waals surface area contributed by atoms with Gasteiger partial charge in [0.15, 0.2) is 0 Å². The SMILES string of the molecule is c1ccc(SC(c2ccccc2)C(Sc2ccccc2)c2ccccc2)cc1. The molecule has 0 nitrogen and oxygen atoms in total. The highest BCUT2D eigenvalue weighted by Gasteiger charge is 2.27. The van der Waals surface area contributed by atoms with Gasteiger partial charge in [-0.15, -0.1) is 23.5 Å². The lowest BCUT2D eigenvalue weighted by Crippen LogP contribution is -2.06. The largest absolute Gasteiger partial charge is 0.116 e. The Morgan fingerprint density at radius 3 is 0.964 bits per heavy atom. The molecule has 4 rings (SSSR count). The van der Waals surface area contributed by atoms with Gasteiger partial charge in [0.05, 0.1) is 10.5 Å². The summed E-state index contributed by atoms with van der Waals surface area (Å²) in [6, 6.07) is 43.2. The smallest absolute Gasteiger partial charge is 0.0507 e. The minimum atomic E-state index is 0.302. The van der Waals surface area contributed by atoms with E-state index in [2.05, 4.69) is 121 Å². The topological polar surface area (TPSA) is 0 Å². The molecule has 0 aliphatic carbocycles. The van der Waals surface area contributed by atoms with Crippen LogP contribution in [0.15, 0.2) is 131 Å². The number of thioether (sulfide) groups is 2. The molecule has 2 atom stereocenters. The molecule has 28 heavy (non-hydrogen) atoms. The molecule has 0 aliphatic heterocycles. The summed E-state index contributed by atoms with van der Waals surface area (Å²) in [5, 5.41) is 0.604. The summed E-state index contributed by atoms with van der Waals surface area (Å²) in [6.45, 7) is 0. The van der Waals surface area contributed by atoms with Gasteiger partial charge in [-0.1, -0.05) is 97.1 Å². The Bertz CT molecular complexity index is 871. The lowest BCUT2D eigenvalue weighted by molar-refractivity contribution is 0.903. The molecular formula is C26H22S2. The van der Waals surface area contributed by atoms with E-state index in [1.165, 1.54) is 20.9 Å². The quantitative estimate of drug-likeness (QED) is 0.289. The van der Waals surface area contributed by atoms with Gasteiger partial charge in [0.25, 0.3) is 0 Å². The van der Waals surface area contributed by atoms with E-state index in [0.717, 1.165) is 0 Å². The van der Waals surface area contributed by atoms with E-state index in [0.29, 0.717) is 10.5 Å². The molecule has 0 saturated carbocycles. The van der Waals surface area contributed by atoms with Crippen LogP contribution in [-0.2, 0) is 0 Å². The van der Waals surface area contributed by atoms with Crippen LogP contribution in [0.25, 0.3) is 0 Å². The molecule has 138 valence electrons. The van der Waals surface area contributed by atoms with Crippen LogP contribution >= 0.6 is 23.5 Å². The Hall–Kier alpha value is -2.42. The van der Waals surface area contributed by atoms with E-state index < -0.39 is 0 Å². The molecule has 0 bridgehead atoms. The van der Waals surface area contributed by atoms with Crippen molar-refractivity contribution in [3.05, 3.63) is 132 Å². The summed E-state index contributed by atoms with van der Waals surface area (Å²) in [5.74, 6) is 0. The van der Waals surface area contributed by atoms with Gasteiger partial charge >= 0.3 is 0 Å². The summed E-state index contributed by atoms with van der Waals surface area (Å²) >= 11 is 3.89. The zero-order valence-electron chi connectivity index (χ0n) is 15.5. The van der Waals surface area contributed by atoms with Gasteiger partial charge in [-0.25, -0.2) is 0 Å². The van der Waals surface area contributed by atoms with Crippen molar-refractivity contribution in [2.45, 2.75) is 20.3 Å². The molecule has 0 amide bonds. The van der Waals surface area contributed by atoms with Crippen LogP contribution in [0, 0.1) is 0 Å². The molecular weight excluding hydrogens is 376 g/mol. The van der Waals surface area contributed by atoms with Crippen LogP contribution in [0.5, 0.6) is 0 Å². The average molecular weight is 399 g/mol. The molecule has 0 saturated heterocycles. The normalized spacial score (nSPS) is 13.0. The Balaban J connectivity index is 1.76. The first-order chi connectivity index (χ1) is 13.9.